The summed E-state index contributed by atoms with van der Waals surface area (Å²) < 4.78 is 0. The van der Waals surface area contributed by atoms with Crippen LogP contribution in [0, 0.1) is 0 Å². The van der Waals surface area contributed by atoms with Crippen molar-refractivity contribution in [3.8, 4) is 0 Å². The number of piperazine rings is 1. The van der Waals surface area contributed by atoms with Gasteiger partial charge in [-0.05, 0) is 12.1 Å². The monoisotopic (exact) mass is 339 g/mol. The summed E-state index contributed by atoms with van der Waals surface area (Å²) in [5, 5.41) is 2.02. The molecule has 3 nitrogen and oxygen atoms in total. The van der Waals surface area contributed by atoms with Crippen LogP contribution in [0.4, 0.5) is 5.69 Å². The lowest BCUT2D eigenvalue weighted by atomic mass is 10.1. The number of aromatic nitrogens is 1. The van der Waals surface area contributed by atoms with E-state index in [1.165, 1.54) is 29.7 Å². The van der Waals surface area contributed by atoms with Gasteiger partial charge in [0.2, 0.25) is 5.52 Å². The van der Waals surface area contributed by atoms with E-state index in [2.05, 4.69) is 52.3 Å². The number of hydrogen-bond acceptors (Lipinski definition) is 1. The highest BCUT2D eigenvalue weighted by molar-refractivity contribution is 6.31. The summed E-state index contributed by atoms with van der Waals surface area (Å²) in [6, 6.07) is 19.1. The summed E-state index contributed by atoms with van der Waals surface area (Å²) in [4.78, 5) is 7.45. The number of anilines is 1. The van der Waals surface area contributed by atoms with Gasteiger partial charge in [0, 0.05) is 22.7 Å². The van der Waals surface area contributed by atoms with Gasteiger partial charge in [0.05, 0.1) is 37.3 Å². The molecule has 1 aromatic heterocycles. The third kappa shape index (κ3) is 3.23. The second-order valence-corrected chi connectivity index (χ2v) is 6.89. The molecule has 2 N–H and O–H groups in total. The predicted octanol–water partition coefficient (Wildman–Crippen LogP) is 2.21. The minimum atomic E-state index is 0.771. The van der Waals surface area contributed by atoms with Gasteiger partial charge in [-0.3, -0.25) is 0 Å². The molecule has 2 heterocycles. The van der Waals surface area contributed by atoms with Crippen molar-refractivity contribution in [2.24, 2.45) is 0 Å². The van der Waals surface area contributed by atoms with E-state index >= 15 is 0 Å². The van der Waals surface area contributed by atoms with Crippen LogP contribution in [0.1, 0.15) is 5.56 Å². The molecule has 0 bridgehead atoms. The Morgan fingerprint density at radius 3 is 2.58 bits per heavy atom. The van der Waals surface area contributed by atoms with Crippen LogP contribution in [-0.2, 0) is 6.54 Å². The molecule has 0 aliphatic carbocycles. The summed E-state index contributed by atoms with van der Waals surface area (Å²) in [6.45, 7) is 5.63. The molecule has 0 spiro atoms. The van der Waals surface area contributed by atoms with Crippen molar-refractivity contribution in [1.29, 1.82) is 0 Å². The van der Waals surface area contributed by atoms with Crippen molar-refractivity contribution in [2.45, 2.75) is 6.54 Å². The third-order valence-corrected chi connectivity index (χ3v) is 5.08. The number of aromatic amines is 1. The Hall–Kier alpha value is -2.10. The molecule has 24 heavy (non-hydrogen) atoms. The molecule has 0 amide bonds. The zero-order chi connectivity index (χ0) is 16.4. The predicted molar refractivity (Wildman–Crippen MR) is 98.6 cm³/mol. The van der Waals surface area contributed by atoms with Gasteiger partial charge >= 0.3 is 0 Å². The third-order valence-electron chi connectivity index (χ3n) is 4.85. The van der Waals surface area contributed by atoms with Crippen LogP contribution < -0.4 is 14.8 Å². The van der Waals surface area contributed by atoms with Crippen molar-refractivity contribution in [3.05, 3.63) is 71.4 Å². The Kier molecular flexibility index (Phi) is 4.37. The Balaban J connectivity index is 1.48. The van der Waals surface area contributed by atoms with Crippen LogP contribution in [0.2, 0.25) is 5.02 Å². The van der Waals surface area contributed by atoms with Crippen LogP contribution in [-0.4, -0.2) is 26.2 Å². The SMILES string of the molecule is Clc1ccc2c(N3CC[NH+](Cc4ccccc4)CC3)cc[nH+]c2c1. The number of rotatable bonds is 3. The first kappa shape index (κ1) is 15.4. The van der Waals surface area contributed by atoms with Crippen LogP contribution in [0.3, 0.4) is 0 Å². The lowest BCUT2D eigenvalue weighted by Crippen LogP contribution is -3.13. The highest BCUT2D eigenvalue weighted by Gasteiger charge is 2.22. The summed E-state index contributed by atoms with van der Waals surface area (Å²) >= 11 is 6.12. The van der Waals surface area contributed by atoms with Crippen molar-refractivity contribution >= 4 is 28.2 Å². The number of H-pyrrole nitrogens is 1. The highest BCUT2D eigenvalue weighted by Crippen LogP contribution is 2.25. The number of fused-ring (bicyclic) bond motifs is 1. The lowest BCUT2D eigenvalue weighted by molar-refractivity contribution is -0.914. The maximum Gasteiger partial charge on any atom is 0.214 e. The van der Waals surface area contributed by atoms with E-state index in [1.54, 1.807) is 4.90 Å². The summed E-state index contributed by atoms with van der Waals surface area (Å²) in [5.41, 5.74) is 3.83. The molecular weight excluding hydrogens is 318 g/mol. The average molecular weight is 340 g/mol. The molecule has 4 heteroatoms. The minimum absolute atomic E-state index is 0.771. The van der Waals surface area contributed by atoms with Crippen LogP contribution >= 0.6 is 11.6 Å². The smallest absolute Gasteiger partial charge is 0.214 e. The average Bonchev–Trinajstić information content (AvgIpc) is 2.62. The van der Waals surface area contributed by atoms with Gasteiger partial charge in [-0.25, -0.2) is 4.98 Å². The lowest BCUT2D eigenvalue weighted by Gasteiger charge is -2.33. The molecular formula is C20H22ClN3+2. The topological polar surface area (TPSA) is 21.8 Å². The maximum atomic E-state index is 6.12. The highest BCUT2D eigenvalue weighted by atomic mass is 35.5. The second-order valence-electron chi connectivity index (χ2n) is 6.45. The zero-order valence-electron chi connectivity index (χ0n) is 13.6. The molecule has 122 valence electrons. The molecule has 0 unspecified atom stereocenters. The summed E-state index contributed by atoms with van der Waals surface area (Å²) in [6.07, 6.45) is 2.01. The number of benzene rings is 2. The molecule has 0 saturated carbocycles. The van der Waals surface area contributed by atoms with E-state index < -0.39 is 0 Å². The fraction of sp³-hybridized carbons (Fsp3) is 0.250. The van der Waals surface area contributed by atoms with E-state index in [1.807, 2.05) is 18.3 Å². The van der Waals surface area contributed by atoms with Crippen molar-refractivity contribution in [2.75, 3.05) is 31.1 Å². The largest absolute Gasteiger partial charge is 0.359 e. The van der Waals surface area contributed by atoms with Gasteiger partial charge in [0.25, 0.3) is 0 Å². The summed E-state index contributed by atoms with van der Waals surface area (Å²) in [7, 11) is 0. The van der Waals surface area contributed by atoms with E-state index in [4.69, 9.17) is 11.6 Å². The standard InChI is InChI=1S/C20H20ClN3/c21-17-6-7-18-19(14-17)22-9-8-20(18)24-12-10-23(11-13-24)15-16-4-2-1-3-5-16/h1-9,14H,10-13,15H2/p+2. The Morgan fingerprint density at radius 2 is 1.79 bits per heavy atom. The minimum Gasteiger partial charge on any atom is -0.359 e. The first-order valence-electron chi connectivity index (χ1n) is 8.52. The van der Waals surface area contributed by atoms with E-state index in [0.717, 1.165) is 30.2 Å². The Morgan fingerprint density at radius 1 is 1.00 bits per heavy atom. The fourth-order valence-corrected chi connectivity index (χ4v) is 3.73. The van der Waals surface area contributed by atoms with E-state index in [-0.39, 0.29) is 0 Å². The molecule has 1 aliphatic rings. The first-order chi connectivity index (χ1) is 11.8. The molecule has 1 fully saturated rings. The van der Waals surface area contributed by atoms with Gasteiger partial charge in [-0.1, -0.05) is 41.9 Å². The van der Waals surface area contributed by atoms with Gasteiger partial charge in [-0.15, -0.1) is 0 Å². The van der Waals surface area contributed by atoms with Crippen LogP contribution in [0.25, 0.3) is 10.9 Å². The van der Waals surface area contributed by atoms with Gasteiger partial charge in [0.1, 0.15) is 6.54 Å². The van der Waals surface area contributed by atoms with E-state index in [0.29, 0.717) is 0 Å². The molecule has 0 radical (unpaired) electrons. The van der Waals surface area contributed by atoms with Crippen LogP contribution in [0.5, 0.6) is 0 Å². The number of nitrogens with zero attached hydrogens (tertiary/aromatic N) is 1. The van der Waals surface area contributed by atoms with Gasteiger partial charge < -0.3 is 9.80 Å². The Labute approximate surface area is 147 Å². The number of quaternary nitrogens is 1. The maximum absolute atomic E-state index is 6.12. The normalized spacial score (nSPS) is 15.8. The van der Waals surface area contributed by atoms with Crippen molar-refractivity contribution in [1.82, 2.24) is 0 Å². The number of hydrogen-bond donors (Lipinski definition) is 1. The molecule has 2 aromatic carbocycles. The molecule has 4 rings (SSSR count). The Bertz CT molecular complexity index is 827. The molecule has 3 aromatic rings. The molecule has 1 saturated heterocycles. The molecule has 0 atom stereocenters. The van der Waals surface area contributed by atoms with Crippen molar-refractivity contribution in [3.63, 3.8) is 0 Å². The van der Waals surface area contributed by atoms with E-state index in [9.17, 15) is 0 Å². The second kappa shape index (κ2) is 6.80. The quantitative estimate of drug-likeness (QED) is 0.776. The van der Waals surface area contributed by atoms with Crippen LogP contribution in [0.15, 0.2) is 60.8 Å². The number of pyridine rings is 1. The number of nitrogens with one attached hydrogen (secondary N) is 2. The van der Waals surface area contributed by atoms with Gasteiger partial charge in [-0.2, -0.15) is 0 Å². The van der Waals surface area contributed by atoms with Gasteiger partial charge in [0.15, 0.2) is 6.20 Å². The zero-order valence-corrected chi connectivity index (χ0v) is 14.4. The molecule has 1 aliphatic heterocycles. The first-order valence-corrected chi connectivity index (χ1v) is 8.90. The fourth-order valence-electron chi connectivity index (χ4n) is 3.56. The number of halogens is 1. The summed E-state index contributed by atoms with van der Waals surface area (Å²) in [5.74, 6) is 0. The van der Waals surface area contributed by atoms with Crippen molar-refractivity contribution < 1.29 is 9.88 Å².